The maximum Gasteiger partial charge on any atom is 0.0844 e. The maximum atomic E-state index is 9.18. The molecule has 66 valence electrons. The molecule has 2 N–H and O–H groups in total. The molecule has 3 nitrogen and oxygen atoms in total. The van der Waals surface area contributed by atoms with Crippen LogP contribution in [0.1, 0.15) is 19.8 Å². The number of hydrogen-bond donors (Lipinski definition) is 2. The highest BCUT2D eigenvalue weighted by Gasteiger charge is 2.35. The van der Waals surface area contributed by atoms with E-state index in [-0.39, 0.29) is 18.8 Å². The van der Waals surface area contributed by atoms with E-state index in [2.05, 4.69) is 11.8 Å². The van der Waals surface area contributed by atoms with E-state index in [0.29, 0.717) is 0 Å². The van der Waals surface area contributed by atoms with Crippen molar-refractivity contribution in [2.75, 3.05) is 19.7 Å². The van der Waals surface area contributed by atoms with Crippen LogP contribution in [0.2, 0.25) is 0 Å². The summed E-state index contributed by atoms with van der Waals surface area (Å²) in [7, 11) is 0. The Morgan fingerprint density at radius 1 is 1.55 bits per heavy atom. The molecule has 0 aromatic rings. The Hall–Kier alpha value is -0.120. The van der Waals surface area contributed by atoms with E-state index in [1.807, 2.05) is 0 Å². The topological polar surface area (TPSA) is 43.7 Å². The van der Waals surface area contributed by atoms with Gasteiger partial charge in [-0.05, 0) is 13.0 Å². The molecular formula is C8H17NO2. The number of aliphatic hydroxyl groups is 2. The molecule has 1 saturated heterocycles. The van der Waals surface area contributed by atoms with Gasteiger partial charge in [-0.25, -0.2) is 0 Å². The summed E-state index contributed by atoms with van der Waals surface area (Å²) in [5.74, 6) is 0. The van der Waals surface area contributed by atoms with E-state index in [1.54, 1.807) is 0 Å². The Balaban J connectivity index is 2.16. The zero-order valence-electron chi connectivity index (χ0n) is 7.03. The fourth-order valence-corrected chi connectivity index (χ4v) is 1.46. The number of rotatable bonds is 4. The molecule has 0 spiro atoms. The van der Waals surface area contributed by atoms with Crippen LogP contribution in [0.15, 0.2) is 0 Å². The Kier molecular flexibility index (Phi) is 3.30. The molecule has 11 heavy (non-hydrogen) atoms. The van der Waals surface area contributed by atoms with Gasteiger partial charge >= 0.3 is 0 Å². The van der Waals surface area contributed by atoms with Crippen molar-refractivity contribution in [3.63, 3.8) is 0 Å². The van der Waals surface area contributed by atoms with Gasteiger partial charge < -0.3 is 10.2 Å². The smallest absolute Gasteiger partial charge is 0.0844 e. The van der Waals surface area contributed by atoms with Crippen molar-refractivity contribution >= 4 is 0 Å². The minimum Gasteiger partial charge on any atom is -0.395 e. The van der Waals surface area contributed by atoms with Crippen LogP contribution in [-0.4, -0.2) is 47.0 Å². The van der Waals surface area contributed by atoms with Gasteiger partial charge in [0.1, 0.15) is 0 Å². The number of nitrogens with zero attached hydrogens (tertiary/aromatic N) is 1. The van der Waals surface area contributed by atoms with Gasteiger partial charge in [0, 0.05) is 6.54 Å². The fraction of sp³-hybridized carbons (Fsp3) is 1.00. The van der Waals surface area contributed by atoms with E-state index in [1.165, 1.54) is 6.42 Å². The van der Waals surface area contributed by atoms with E-state index in [4.69, 9.17) is 5.11 Å². The molecule has 0 aliphatic carbocycles. The van der Waals surface area contributed by atoms with Crippen molar-refractivity contribution in [1.82, 2.24) is 4.90 Å². The van der Waals surface area contributed by atoms with Crippen LogP contribution in [0, 0.1) is 0 Å². The van der Waals surface area contributed by atoms with E-state index >= 15 is 0 Å². The molecule has 0 bridgehead atoms. The number of aliphatic hydroxyl groups excluding tert-OH is 2. The quantitative estimate of drug-likeness (QED) is 0.598. The minimum absolute atomic E-state index is 0.0153. The molecule has 2 unspecified atom stereocenters. The number of hydrogen-bond acceptors (Lipinski definition) is 3. The SMILES string of the molecule is CCCCN1CC(O)C1CO. The molecule has 1 aliphatic rings. The van der Waals surface area contributed by atoms with Crippen LogP contribution < -0.4 is 0 Å². The molecule has 3 heteroatoms. The number of unbranched alkanes of at least 4 members (excludes halogenated alkanes) is 1. The highest BCUT2D eigenvalue weighted by atomic mass is 16.3. The summed E-state index contributed by atoms with van der Waals surface area (Å²) in [6, 6.07) is 0.0153. The summed E-state index contributed by atoms with van der Waals surface area (Å²) >= 11 is 0. The van der Waals surface area contributed by atoms with E-state index < -0.39 is 0 Å². The first kappa shape index (κ1) is 8.97. The highest BCUT2D eigenvalue weighted by molar-refractivity contribution is 4.90. The van der Waals surface area contributed by atoms with Crippen LogP contribution in [0.5, 0.6) is 0 Å². The molecule has 1 aliphatic heterocycles. The van der Waals surface area contributed by atoms with E-state index in [9.17, 15) is 5.11 Å². The molecular weight excluding hydrogens is 142 g/mol. The zero-order chi connectivity index (χ0) is 8.27. The Morgan fingerprint density at radius 2 is 2.27 bits per heavy atom. The predicted octanol–water partition coefficient (Wildman–Crippen LogP) is -0.176. The van der Waals surface area contributed by atoms with Crippen molar-refractivity contribution in [2.45, 2.75) is 31.9 Å². The Morgan fingerprint density at radius 3 is 2.73 bits per heavy atom. The van der Waals surface area contributed by atoms with Crippen molar-refractivity contribution in [3.05, 3.63) is 0 Å². The van der Waals surface area contributed by atoms with Crippen LogP contribution in [0.4, 0.5) is 0 Å². The van der Waals surface area contributed by atoms with Crippen LogP contribution in [-0.2, 0) is 0 Å². The summed E-state index contributed by atoms with van der Waals surface area (Å²) in [4.78, 5) is 2.13. The molecule has 0 saturated carbocycles. The van der Waals surface area contributed by atoms with Crippen molar-refractivity contribution in [1.29, 1.82) is 0 Å². The van der Waals surface area contributed by atoms with Crippen LogP contribution in [0.3, 0.4) is 0 Å². The van der Waals surface area contributed by atoms with E-state index in [0.717, 1.165) is 19.5 Å². The van der Waals surface area contributed by atoms with Crippen molar-refractivity contribution < 1.29 is 10.2 Å². The number of β-amino-alcohol motifs (C(OH)–C–C–N with tert-alkyl or cyclic N) is 1. The predicted molar refractivity (Wildman–Crippen MR) is 43.4 cm³/mol. The molecule has 0 amide bonds. The second-order valence-electron chi connectivity index (χ2n) is 3.17. The fourth-order valence-electron chi connectivity index (χ4n) is 1.46. The second-order valence-corrected chi connectivity index (χ2v) is 3.17. The number of likely N-dealkylation sites (tertiary alicyclic amines) is 1. The lowest BCUT2D eigenvalue weighted by atomic mass is 10.00. The van der Waals surface area contributed by atoms with Gasteiger partial charge in [0.25, 0.3) is 0 Å². The van der Waals surface area contributed by atoms with Gasteiger partial charge in [-0.1, -0.05) is 13.3 Å². The summed E-state index contributed by atoms with van der Waals surface area (Å²) in [6.45, 7) is 3.99. The molecule has 1 heterocycles. The molecule has 0 aromatic heterocycles. The first-order valence-electron chi connectivity index (χ1n) is 4.32. The van der Waals surface area contributed by atoms with Gasteiger partial charge in [0.2, 0.25) is 0 Å². The van der Waals surface area contributed by atoms with Crippen LogP contribution in [0.25, 0.3) is 0 Å². The third-order valence-corrected chi connectivity index (χ3v) is 2.32. The highest BCUT2D eigenvalue weighted by Crippen LogP contribution is 2.17. The lowest BCUT2D eigenvalue weighted by molar-refractivity contribution is -0.0820. The molecule has 2 atom stereocenters. The van der Waals surface area contributed by atoms with Gasteiger partial charge in [-0.2, -0.15) is 0 Å². The van der Waals surface area contributed by atoms with Gasteiger partial charge in [0.15, 0.2) is 0 Å². The minimum atomic E-state index is -0.295. The summed E-state index contributed by atoms with van der Waals surface area (Å²) in [5, 5.41) is 18.0. The molecule has 0 aromatic carbocycles. The maximum absolute atomic E-state index is 9.18. The molecule has 1 fully saturated rings. The first-order chi connectivity index (χ1) is 5.29. The summed E-state index contributed by atoms with van der Waals surface area (Å²) in [6.07, 6.45) is 2.03. The summed E-state index contributed by atoms with van der Waals surface area (Å²) in [5.41, 5.74) is 0. The average Bonchev–Trinajstić information content (AvgIpc) is 1.98. The molecule has 1 rings (SSSR count). The van der Waals surface area contributed by atoms with Gasteiger partial charge in [-0.3, -0.25) is 4.90 Å². The van der Waals surface area contributed by atoms with Gasteiger partial charge in [0.05, 0.1) is 18.8 Å². The first-order valence-corrected chi connectivity index (χ1v) is 4.32. The third kappa shape index (κ3) is 1.92. The monoisotopic (exact) mass is 159 g/mol. The average molecular weight is 159 g/mol. The Labute approximate surface area is 67.6 Å². The Bertz CT molecular complexity index is 119. The second kappa shape index (κ2) is 4.04. The molecule has 0 radical (unpaired) electrons. The zero-order valence-corrected chi connectivity index (χ0v) is 7.03. The van der Waals surface area contributed by atoms with Crippen molar-refractivity contribution in [3.8, 4) is 0 Å². The largest absolute Gasteiger partial charge is 0.395 e. The standard InChI is InChI=1S/C8H17NO2/c1-2-3-4-9-5-8(11)7(9)6-10/h7-8,10-11H,2-6H2,1H3. The van der Waals surface area contributed by atoms with Gasteiger partial charge in [-0.15, -0.1) is 0 Å². The summed E-state index contributed by atoms with van der Waals surface area (Å²) < 4.78 is 0. The third-order valence-electron chi connectivity index (χ3n) is 2.32. The normalized spacial score (nSPS) is 31.9. The lowest BCUT2D eigenvalue weighted by Crippen LogP contribution is -2.61. The van der Waals surface area contributed by atoms with Crippen molar-refractivity contribution in [2.24, 2.45) is 0 Å². The van der Waals surface area contributed by atoms with Crippen LogP contribution >= 0.6 is 0 Å². The lowest BCUT2D eigenvalue weighted by Gasteiger charge is -2.44.